The van der Waals surface area contributed by atoms with Crippen molar-refractivity contribution in [3.8, 4) is 5.75 Å². The van der Waals surface area contributed by atoms with E-state index < -0.39 is 15.3 Å². The third kappa shape index (κ3) is 6.62. The molecule has 1 saturated heterocycles. The number of aryl methyl sites for hydroxylation is 1. The Bertz CT molecular complexity index is 1630. The highest BCUT2D eigenvalue weighted by Crippen LogP contribution is 2.49. The summed E-state index contributed by atoms with van der Waals surface area (Å²) in [4.78, 5) is 18.6. The van der Waals surface area contributed by atoms with E-state index in [9.17, 15) is 14.1 Å². The Hall–Kier alpha value is -2.30. The van der Waals surface area contributed by atoms with E-state index in [2.05, 4.69) is 44.8 Å². The molecule has 7 atom stereocenters. The quantitative estimate of drug-likeness (QED) is 0.379. The second-order valence-electron chi connectivity index (χ2n) is 15.6. The van der Waals surface area contributed by atoms with E-state index in [0.717, 1.165) is 101 Å². The van der Waals surface area contributed by atoms with Crippen LogP contribution in [0.2, 0.25) is 5.02 Å². The van der Waals surface area contributed by atoms with Crippen molar-refractivity contribution in [1.29, 1.82) is 0 Å². The first-order valence-electron chi connectivity index (χ1n) is 18.1. The van der Waals surface area contributed by atoms with Gasteiger partial charge in [0.2, 0.25) is 0 Å². The maximum absolute atomic E-state index is 13.9. The zero-order valence-corrected chi connectivity index (χ0v) is 30.2. The summed E-state index contributed by atoms with van der Waals surface area (Å²) in [5, 5.41) is 16.6. The van der Waals surface area contributed by atoms with Gasteiger partial charge in [-0.1, -0.05) is 31.0 Å². The summed E-state index contributed by atoms with van der Waals surface area (Å²) in [7, 11) is -2.93. The number of halogens is 1. The summed E-state index contributed by atoms with van der Waals surface area (Å²) in [5.74, 6) is 5.00. The number of nitrogens with one attached hydrogen (secondary N) is 2. The molecule has 2 aromatic carbocycles. The summed E-state index contributed by atoms with van der Waals surface area (Å²) in [5.41, 5.74) is 2.90. The van der Waals surface area contributed by atoms with Gasteiger partial charge in [-0.15, -0.1) is 0 Å². The normalized spacial score (nSPS) is 36.2. The van der Waals surface area contributed by atoms with Gasteiger partial charge in [0.05, 0.1) is 27.6 Å². The van der Waals surface area contributed by atoms with Gasteiger partial charge in [-0.05, 0) is 117 Å². The number of rotatable bonds is 2. The first-order chi connectivity index (χ1) is 23.0. The molecule has 1 spiro atoms. The highest BCUT2D eigenvalue weighted by molar-refractivity contribution is 7.99. The van der Waals surface area contributed by atoms with E-state index >= 15 is 0 Å². The molecule has 3 aliphatic heterocycles. The Labute approximate surface area is 292 Å². The van der Waals surface area contributed by atoms with Crippen LogP contribution < -0.4 is 19.7 Å². The molecular formula is C38H53ClN4O4S. The van der Waals surface area contributed by atoms with Gasteiger partial charge in [0.1, 0.15) is 5.75 Å². The second-order valence-corrected chi connectivity index (χ2v) is 18.4. The third-order valence-corrected chi connectivity index (χ3v) is 14.9. The predicted molar refractivity (Wildman–Crippen MR) is 196 cm³/mol. The van der Waals surface area contributed by atoms with E-state index in [4.69, 9.17) is 16.3 Å². The molecule has 7 rings (SSSR count). The summed E-state index contributed by atoms with van der Waals surface area (Å²) in [6.45, 7) is 10.6. The summed E-state index contributed by atoms with van der Waals surface area (Å²) < 4.78 is 23.4. The molecule has 2 bridgehead atoms. The minimum Gasteiger partial charge on any atom is -0.490 e. The predicted octanol–water partition coefficient (Wildman–Crippen LogP) is 5.05. The number of piperazine rings is 1. The Morgan fingerprint density at radius 3 is 2.67 bits per heavy atom. The van der Waals surface area contributed by atoms with Crippen molar-refractivity contribution in [2.75, 3.05) is 57.3 Å². The first-order valence-corrected chi connectivity index (χ1v) is 20.3. The molecule has 10 heteroatoms. The number of nitrogens with zero attached hydrogens (tertiary/aromatic N) is 2. The number of hydrogen-bond donors (Lipinski definition) is 3. The monoisotopic (exact) mass is 696 g/mol. The number of fused-ring (bicyclic) bond motifs is 4. The third-order valence-electron chi connectivity index (χ3n) is 12.5. The highest BCUT2D eigenvalue weighted by atomic mass is 35.5. The van der Waals surface area contributed by atoms with Gasteiger partial charge >= 0.3 is 0 Å². The zero-order chi connectivity index (χ0) is 33.7. The number of hydrogen-bond acceptors (Lipinski definition) is 7. The van der Waals surface area contributed by atoms with Crippen LogP contribution in [0.3, 0.4) is 0 Å². The van der Waals surface area contributed by atoms with Crippen molar-refractivity contribution >= 4 is 38.8 Å². The molecule has 0 aromatic heterocycles. The molecule has 1 unspecified atom stereocenters. The van der Waals surface area contributed by atoms with E-state index in [0.29, 0.717) is 31.1 Å². The van der Waals surface area contributed by atoms with Crippen LogP contribution >= 0.6 is 11.6 Å². The summed E-state index contributed by atoms with van der Waals surface area (Å²) >= 11 is 6.48. The van der Waals surface area contributed by atoms with Gasteiger partial charge in [-0.3, -0.25) is 14.4 Å². The fourth-order valence-electron chi connectivity index (χ4n) is 9.32. The van der Waals surface area contributed by atoms with Crippen molar-refractivity contribution in [3.63, 3.8) is 0 Å². The number of ether oxygens (including phenoxy) is 1. The lowest BCUT2D eigenvalue weighted by atomic mass is 9.62. The van der Waals surface area contributed by atoms with Gasteiger partial charge in [0, 0.05) is 67.1 Å². The van der Waals surface area contributed by atoms with Crippen molar-refractivity contribution in [2.24, 2.45) is 17.8 Å². The number of β-amino-alcohol motifs (C(OH)–C–C–N with tert-alkyl or cyclic N) is 1. The number of carbonyl (C=O) groups is 1. The number of aliphatic hydroxyl groups is 1. The van der Waals surface area contributed by atoms with Crippen LogP contribution in [0.1, 0.15) is 80.3 Å². The maximum atomic E-state index is 13.9. The molecule has 48 heavy (non-hydrogen) atoms. The van der Waals surface area contributed by atoms with E-state index in [1.807, 2.05) is 25.1 Å². The largest absolute Gasteiger partial charge is 0.490 e. The van der Waals surface area contributed by atoms with Crippen molar-refractivity contribution in [3.05, 3.63) is 58.1 Å². The van der Waals surface area contributed by atoms with Gasteiger partial charge in [-0.25, -0.2) is 4.21 Å². The lowest BCUT2D eigenvalue weighted by molar-refractivity contribution is -0.106. The van der Waals surface area contributed by atoms with E-state index in [1.54, 1.807) is 6.07 Å². The molecule has 262 valence electrons. The number of carbonyl (C=O) groups excluding carboxylic acids is 1. The fourth-order valence-corrected chi connectivity index (χ4v) is 11.0. The standard InChI is InChI=1S/C38H53ClN4O4S/c1-26-6-4-15-38(45,24-42-18-16-40-17-19-42)33-11-8-30(33)22-43-23-37(14-5-7-28-20-31(39)10-12-32(28)37)25-47-35-13-9-29(21-34(35)43)36(44)41-48(3,46)27(26)2/h9-10,12-13,20-21,26-27,30,33,40,45H,3-8,11,14-19,22-25H2,1-2H3,(H,41,44,46)/t26-,27+,30-,33+,37-,38+,48?/m0/s1. The Morgan fingerprint density at radius 1 is 1.08 bits per heavy atom. The lowest BCUT2D eigenvalue weighted by Gasteiger charge is -2.51. The van der Waals surface area contributed by atoms with Crippen LogP contribution in [-0.2, 0) is 21.5 Å². The molecule has 3 heterocycles. The average Bonchev–Trinajstić information content (AvgIpc) is 3.19. The molecule has 1 amide bonds. The van der Waals surface area contributed by atoms with Crippen LogP contribution in [0.4, 0.5) is 5.69 Å². The molecular weight excluding hydrogens is 644 g/mol. The maximum Gasteiger partial charge on any atom is 0.262 e. The molecule has 2 aliphatic carbocycles. The fraction of sp³-hybridized carbons (Fsp3) is 0.632. The van der Waals surface area contributed by atoms with Gasteiger partial charge in [0.25, 0.3) is 5.91 Å². The molecule has 8 nitrogen and oxygen atoms in total. The van der Waals surface area contributed by atoms with Crippen LogP contribution in [-0.4, -0.2) is 89.3 Å². The molecule has 1 saturated carbocycles. The van der Waals surface area contributed by atoms with Crippen LogP contribution in [0, 0.1) is 17.8 Å². The zero-order valence-electron chi connectivity index (χ0n) is 28.6. The Morgan fingerprint density at radius 2 is 1.90 bits per heavy atom. The van der Waals surface area contributed by atoms with Crippen molar-refractivity contribution in [1.82, 2.24) is 14.9 Å². The van der Waals surface area contributed by atoms with Crippen molar-refractivity contribution < 1.29 is 18.8 Å². The average molecular weight is 697 g/mol. The molecule has 2 fully saturated rings. The van der Waals surface area contributed by atoms with Crippen LogP contribution in [0.5, 0.6) is 5.75 Å². The first kappa shape index (κ1) is 34.2. The molecule has 2 aromatic rings. The minimum absolute atomic E-state index is 0.0733. The molecule has 3 N–H and O–H groups in total. The Balaban J connectivity index is 1.29. The number of anilines is 1. The number of amides is 1. The molecule has 5 aliphatic rings. The SMILES string of the molecule is C=S1(=O)NC(=O)c2ccc3c(c2)N(C[C@@H]2CC[C@H]2[C@](O)(CN2CCNCC2)CCC[C@H](C)[C@H]1C)C[C@@]1(CCCc2cc(Cl)ccc21)CO3. The topological polar surface area (TPSA) is 94.1 Å². The van der Waals surface area contributed by atoms with Gasteiger partial charge in [-0.2, -0.15) is 0 Å². The van der Waals surface area contributed by atoms with Crippen LogP contribution in [0.25, 0.3) is 0 Å². The minimum atomic E-state index is -2.93. The van der Waals surface area contributed by atoms with E-state index in [-0.39, 0.29) is 28.4 Å². The highest BCUT2D eigenvalue weighted by Gasteiger charge is 2.49. The number of benzene rings is 2. The van der Waals surface area contributed by atoms with E-state index in [1.165, 1.54) is 11.1 Å². The second kappa shape index (κ2) is 13.4. The smallest absolute Gasteiger partial charge is 0.262 e. The summed E-state index contributed by atoms with van der Waals surface area (Å²) in [6, 6.07) is 11.9. The van der Waals surface area contributed by atoms with Gasteiger partial charge in [0.15, 0.2) is 0 Å². The van der Waals surface area contributed by atoms with Crippen LogP contribution in [0.15, 0.2) is 36.4 Å². The lowest BCUT2D eigenvalue weighted by Crippen LogP contribution is -2.58. The van der Waals surface area contributed by atoms with Crippen molar-refractivity contribution in [2.45, 2.75) is 81.5 Å². The van der Waals surface area contributed by atoms with Gasteiger partial charge < -0.3 is 20.1 Å². The molecule has 0 radical (unpaired) electrons. The summed E-state index contributed by atoms with van der Waals surface area (Å²) in [6.07, 6.45) is 7.50. The Kier molecular flexibility index (Phi) is 9.56.